The van der Waals surface area contributed by atoms with Crippen LogP contribution in [0.4, 0.5) is 0 Å². The fraction of sp³-hybridized carbons (Fsp3) is 0.529. The first-order valence-electron chi connectivity index (χ1n) is 8.15. The minimum Gasteiger partial charge on any atom is -0.336 e. The highest BCUT2D eigenvalue weighted by atomic mass is 32.1. The number of thiophene rings is 1. The van der Waals surface area contributed by atoms with Gasteiger partial charge >= 0.3 is 0 Å². The minimum atomic E-state index is 0.154. The Bertz CT molecular complexity index is 605. The molecular weight excluding hydrogens is 294 g/mol. The van der Waals surface area contributed by atoms with Gasteiger partial charge in [-0.05, 0) is 50.0 Å². The van der Waals surface area contributed by atoms with Crippen LogP contribution in [0.1, 0.15) is 53.5 Å². The molecule has 1 aliphatic heterocycles. The number of hydrogen-bond acceptors (Lipinski definition) is 3. The molecule has 0 aliphatic carbocycles. The molecule has 3 heterocycles. The third-order valence-electron chi connectivity index (χ3n) is 4.49. The molecule has 0 saturated carbocycles. The number of nitrogens with one attached hydrogen (secondary N) is 1. The SMILES string of the molecule is CCc1[nH]ncc1C(=O)N1CCCC[C@@H]1CCc1cccs1. The molecule has 2 aromatic rings. The van der Waals surface area contributed by atoms with Crippen molar-refractivity contribution in [3.63, 3.8) is 0 Å². The van der Waals surface area contributed by atoms with Crippen molar-refractivity contribution in [3.05, 3.63) is 39.8 Å². The summed E-state index contributed by atoms with van der Waals surface area (Å²) in [6.07, 6.45) is 8.09. The topological polar surface area (TPSA) is 49.0 Å². The van der Waals surface area contributed by atoms with Crippen molar-refractivity contribution in [2.24, 2.45) is 0 Å². The fourth-order valence-electron chi connectivity index (χ4n) is 3.25. The quantitative estimate of drug-likeness (QED) is 0.915. The molecule has 3 rings (SSSR count). The van der Waals surface area contributed by atoms with Gasteiger partial charge < -0.3 is 4.90 Å². The maximum Gasteiger partial charge on any atom is 0.257 e. The maximum absolute atomic E-state index is 12.9. The molecule has 1 atom stereocenters. The van der Waals surface area contributed by atoms with E-state index < -0.39 is 0 Å². The summed E-state index contributed by atoms with van der Waals surface area (Å²) in [5.41, 5.74) is 1.71. The van der Waals surface area contributed by atoms with E-state index in [9.17, 15) is 4.79 Å². The molecule has 118 valence electrons. The number of H-pyrrole nitrogens is 1. The van der Waals surface area contributed by atoms with Gasteiger partial charge in [0.05, 0.1) is 11.8 Å². The van der Waals surface area contributed by atoms with Crippen molar-refractivity contribution >= 4 is 17.2 Å². The Labute approximate surface area is 135 Å². The van der Waals surface area contributed by atoms with Gasteiger partial charge in [0.25, 0.3) is 5.91 Å². The summed E-state index contributed by atoms with van der Waals surface area (Å²) in [5, 5.41) is 9.12. The molecule has 1 amide bonds. The Morgan fingerprint density at radius 3 is 3.18 bits per heavy atom. The third-order valence-corrected chi connectivity index (χ3v) is 5.43. The number of aromatic amines is 1. The molecule has 0 spiro atoms. The zero-order valence-corrected chi connectivity index (χ0v) is 13.9. The van der Waals surface area contributed by atoms with Gasteiger partial charge in [0.1, 0.15) is 0 Å². The number of nitrogens with zero attached hydrogens (tertiary/aromatic N) is 2. The number of aromatic nitrogens is 2. The van der Waals surface area contributed by atoms with Crippen LogP contribution in [0.25, 0.3) is 0 Å². The standard InChI is InChI=1S/C17H23N3OS/c1-2-16-15(12-18-19-16)17(21)20-10-4-3-6-13(20)8-9-14-7-5-11-22-14/h5,7,11-13H,2-4,6,8-10H2,1H3,(H,18,19)/t13-/m1/s1. The number of aryl methyl sites for hydroxylation is 2. The molecule has 1 aliphatic rings. The Morgan fingerprint density at radius 2 is 2.41 bits per heavy atom. The van der Waals surface area contributed by atoms with Crippen LogP contribution in [0.15, 0.2) is 23.7 Å². The third kappa shape index (κ3) is 3.24. The summed E-state index contributed by atoms with van der Waals surface area (Å²) < 4.78 is 0. The molecule has 0 bridgehead atoms. The first-order valence-corrected chi connectivity index (χ1v) is 9.03. The van der Waals surface area contributed by atoms with Crippen LogP contribution in [0.3, 0.4) is 0 Å². The predicted octanol–water partition coefficient (Wildman–Crippen LogP) is 3.66. The number of carbonyl (C=O) groups excluding carboxylic acids is 1. The second-order valence-corrected chi connectivity index (χ2v) is 6.91. The Balaban J connectivity index is 1.70. The van der Waals surface area contributed by atoms with Gasteiger partial charge in [-0.15, -0.1) is 11.3 Å². The minimum absolute atomic E-state index is 0.154. The molecule has 4 nitrogen and oxygen atoms in total. The highest BCUT2D eigenvalue weighted by molar-refractivity contribution is 7.09. The van der Waals surface area contributed by atoms with Gasteiger partial charge in [-0.2, -0.15) is 5.10 Å². The van der Waals surface area contributed by atoms with Crippen molar-refractivity contribution in [2.75, 3.05) is 6.54 Å². The van der Waals surface area contributed by atoms with Crippen LogP contribution in [-0.4, -0.2) is 33.6 Å². The summed E-state index contributed by atoms with van der Waals surface area (Å²) >= 11 is 1.81. The van der Waals surface area contributed by atoms with Crippen molar-refractivity contribution in [1.82, 2.24) is 15.1 Å². The average molecular weight is 317 g/mol. The van der Waals surface area contributed by atoms with Crippen molar-refractivity contribution in [2.45, 2.75) is 51.5 Å². The van der Waals surface area contributed by atoms with Crippen molar-refractivity contribution in [1.29, 1.82) is 0 Å². The van der Waals surface area contributed by atoms with E-state index in [1.165, 1.54) is 11.3 Å². The monoisotopic (exact) mass is 317 g/mol. The van der Waals surface area contributed by atoms with E-state index in [4.69, 9.17) is 0 Å². The molecule has 2 aromatic heterocycles. The number of likely N-dealkylation sites (tertiary alicyclic amines) is 1. The summed E-state index contributed by atoms with van der Waals surface area (Å²) in [5.74, 6) is 0.154. The van der Waals surface area contributed by atoms with Gasteiger partial charge in [-0.1, -0.05) is 13.0 Å². The molecule has 0 aromatic carbocycles. The van der Waals surface area contributed by atoms with E-state index in [1.807, 2.05) is 0 Å². The number of hydrogen-bond donors (Lipinski definition) is 1. The summed E-state index contributed by atoms with van der Waals surface area (Å²) in [6, 6.07) is 4.65. The van der Waals surface area contributed by atoms with E-state index in [0.29, 0.717) is 6.04 Å². The highest BCUT2D eigenvalue weighted by Gasteiger charge is 2.28. The largest absolute Gasteiger partial charge is 0.336 e. The van der Waals surface area contributed by atoms with E-state index in [1.54, 1.807) is 17.5 Å². The molecule has 22 heavy (non-hydrogen) atoms. The van der Waals surface area contributed by atoms with Crippen LogP contribution in [0, 0.1) is 0 Å². The van der Waals surface area contributed by atoms with Crippen LogP contribution in [0.2, 0.25) is 0 Å². The lowest BCUT2D eigenvalue weighted by molar-refractivity contribution is 0.0601. The van der Waals surface area contributed by atoms with Gasteiger partial charge in [0, 0.05) is 23.2 Å². The van der Waals surface area contributed by atoms with E-state index in [2.05, 4.69) is 39.5 Å². The summed E-state index contributed by atoms with van der Waals surface area (Å²) in [7, 11) is 0. The predicted molar refractivity (Wildman–Crippen MR) is 89.3 cm³/mol. The molecule has 5 heteroatoms. The van der Waals surface area contributed by atoms with Gasteiger partial charge in [0.2, 0.25) is 0 Å². The average Bonchev–Trinajstić information content (AvgIpc) is 3.23. The van der Waals surface area contributed by atoms with E-state index in [-0.39, 0.29) is 5.91 Å². The highest BCUT2D eigenvalue weighted by Crippen LogP contribution is 2.25. The van der Waals surface area contributed by atoms with Gasteiger partial charge in [-0.25, -0.2) is 0 Å². The van der Waals surface area contributed by atoms with Crippen LogP contribution in [-0.2, 0) is 12.8 Å². The number of rotatable bonds is 5. The van der Waals surface area contributed by atoms with Crippen LogP contribution < -0.4 is 0 Å². The second-order valence-electron chi connectivity index (χ2n) is 5.88. The Kier molecular flexibility index (Phi) is 4.93. The first kappa shape index (κ1) is 15.3. The molecule has 1 fully saturated rings. The number of carbonyl (C=O) groups is 1. The Morgan fingerprint density at radius 1 is 1.50 bits per heavy atom. The second kappa shape index (κ2) is 7.09. The lowest BCUT2D eigenvalue weighted by Crippen LogP contribution is -2.44. The maximum atomic E-state index is 12.9. The molecule has 1 N–H and O–H groups in total. The summed E-state index contributed by atoms with van der Waals surface area (Å²) in [6.45, 7) is 2.93. The lowest BCUT2D eigenvalue weighted by Gasteiger charge is -2.36. The number of amides is 1. The molecule has 0 unspecified atom stereocenters. The van der Waals surface area contributed by atoms with Gasteiger partial charge in [-0.3, -0.25) is 9.89 Å². The van der Waals surface area contributed by atoms with Crippen LogP contribution >= 0.6 is 11.3 Å². The fourth-order valence-corrected chi connectivity index (χ4v) is 3.98. The molecule has 1 saturated heterocycles. The van der Waals surface area contributed by atoms with Crippen molar-refractivity contribution in [3.8, 4) is 0 Å². The molecular formula is C17H23N3OS. The molecule has 0 radical (unpaired) electrons. The lowest BCUT2D eigenvalue weighted by atomic mass is 9.96. The smallest absolute Gasteiger partial charge is 0.257 e. The first-order chi connectivity index (χ1) is 10.8. The summed E-state index contributed by atoms with van der Waals surface area (Å²) in [4.78, 5) is 16.4. The van der Waals surface area contributed by atoms with Crippen molar-refractivity contribution < 1.29 is 4.79 Å². The van der Waals surface area contributed by atoms with E-state index in [0.717, 1.165) is 49.9 Å². The Hall–Kier alpha value is -1.62. The van der Waals surface area contributed by atoms with E-state index >= 15 is 0 Å². The van der Waals surface area contributed by atoms with Gasteiger partial charge in [0.15, 0.2) is 0 Å². The number of piperidine rings is 1. The van der Waals surface area contributed by atoms with Crippen LogP contribution in [0.5, 0.6) is 0 Å². The zero-order valence-electron chi connectivity index (χ0n) is 13.0. The zero-order chi connectivity index (χ0) is 15.4. The normalized spacial score (nSPS) is 18.6.